The van der Waals surface area contributed by atoms with Crippen LogP contribution in [0.25, 0.3) is 10.2 Å². The molecule has 0 saturated heterocycles. The smallest absolute Gasteiger partial charge is 0.128 e. The lowest BCUT2D eigenvalue weighted by molar-refractivity contribution is 0.699. The molecule has 2 aromatic rings. The van der Waals surface area contributed by atoms with E-state index >= 15 is 0 Å². The van der Waals surface area contributed by atoms with E-state index in [4.69, 9.17) is 5.26 Å². The molecule has 0 amide bonds. The summed E-state index contributed by atoms with van der Waals surface area (Å²) in [6.45, 7) is 1.95. The van der Waals surface area contributed by atoms with E-state index < -0.39 is 0 Å². The van der Waals surface area contributed by atoms with Crippen LogP contribution >= 0.6 is 23.1 Å². The van der Waals surface area contributed by atoms with E-state index in [1.165, 1.54) is 35.1 Å². The number of nitrogens with zero attached hydrogens (tertiary/aromatic N) is 3. The van der Waals surface area contributed by atoms with Crippen molar-refractivity contribution in [3.05, 3.63) is 16.3 Å². The zero-order valence-electron chi connectivity index (χ0n) is 10.9. The number of fused-ring (bicyclic) bond motifs is 3. The van der Waals surface area contributed by atoms with Gasteiger partial charge in [-0.15, -0.1) is 23.1 Å². The van der Waals surface area contributed by atoms with Gasteiger partial charge in [0.1, 0.15) is 15.7 Å². The van der Waals surface area contributed by atoms with Crippen LogP contribution in [0.3, 0.4) is 0 Å². The van der Waals surface area contributed by atoms with Gasteiger partial charge in [-0.3, -0.25) is 0 Å². The molecule has 0 aromatic carbocycles. The summed E-state index contributed by atoms with van der Waals surface area (Å²) in [6.07, 6.45) is 5.49. The highest BCUT2D eigenvalue weighted by atomic mass is 32.2. The number of thiophene rings is 1. The van der Waals surface area contributed by atoms with Crippen molar-refractivity contribution in [1.29, 1.82) is 5.26 Å². The number of thioether (sulfide) groups is 1. The van der Waals surface area contributed by atoms with Gasteiger partial charge in [0.05, 0.1) is 6.07 Å². The van der Waals surface area contributed by atoms with Crippen molar-refractivity contribution < 1.29 is 0 Å². The molecule has 3 rings (SSSR count). The van der Waals surface area contributed by atoms with Crippen molar-refractivity contribution in [2.45, 2.75) is 44.1 Å². The molecule has 19 heavy (non-hydrogen) atoms. The Morgan fingerprint density at radius 1 is 1.32 bits per heavy atom. The highest BCUT2D eigenvalue weighted by molar-refractivity contribution is 7.99. The molecule has 1 aliphatic rings. The Morgan fingerprint density at radius 3 is 3.00 bits per heavy atom. The number of aryl methyl sites for hydroxylation is 3. The first-order valence-electron chi connectivity index (χ1n) is 6.58. The van der Waals surface area contributed by atoms with Gasteiger partial charge >= 0.3 is 0 Å². The van der Waals surface area contributed by atoms with E-state index in [9.17, 15) is 0 Å². The average molecular weight is 289 g/mol. The normalized spacial score (nSPS) is 14.3. The van der Waals surface area contributed by atoms with Crippen LogP contribution in [-0.4, -0.2) is 15.7 Å². The molecule has 0 unspecified atom stereocenters. The maximum atomic E-state index is 8.67. The highest BCUT2D eigenvalue weighted by Crippen LogP contribution is 2.39. The Kier molecular flexibility index (Phi) is 3.72. The van der Waals surface area contributed by atoms with Crippen molar-refractivity contribution >= 4 is 33.3 Å². The fraction of sp³-hybridized carbons (Fsp3) is 0.500. The second-order valence-corrected chi connectivity index (χ2v) is 6.89. The number of nitriles is 1. The maximum absolute atomic E-state index is 8.67. The lowest BCUT2D eigenvalue weighted by Gasteiger charge is -2.11. The minimum atomic E-state index is 0.571. The van der Waals surface area contributed by atoms with Crippen LogP contribution in [0.5, 0.6) is 0 Å². The molecule has 3 nitrogen and oxygen atoms in total. The van der Waals surface area contributed by atoms with Crippen molar-refractivity contribution in [3.8, 4) is 6.07 Å². The molecule has 0 saturated carbocycles. The van der Waals surface area contributed by atoms with Crippen LogP contribution in [0.4, 0.5) is 0 Å². The van der Waals surface area contributed by atoms with Crippen molar-refractivity contribution in [2.24, 2.45) is 0 Å². The molecule has 0 spiro atoms. The summed E-state index contributed by atoms with van der Waals surface area (Å²) < 4.78 is 0. The van der Waals surface area contributed by atoms with Gasteiger partial charge in [-0.2, -0.15) is 5.26 Å². The first-order valence-corrected chi connectivity index (χ1v) is 8.38. The Balaban J connectivity index is 2.08. The van der Waals surface area contributed by atoms with Crippen LogP contribution < -0.4 is 0 Å². The van der Waals surface area contributed by atoms with Crippen molar-refractivity contribution in [2.75, 3.05) is 5.75 Å². The maximum Gasteiger partial charge on any atom is 0.128 e. The van der Waals surface area contributed by atoms with Gasteiger partial charge in [-0.1, -0.05) is 0 Å². The summed E-state index contributed by atoms with van der Waals surface area (Å²) in [7, 11) is 0. The second-order valence-electron chi connectivity index (χ2n) is 4.72. The average Bonchev–Trinajstić information content (AvgIpc) is 2.76. The van der Waals surface area contributed by atoms with E-state index in [2.05, 4.69) is 16.0 Å². The summed E-state index contributed by atoms with van der Waals surface area (Å²) >= 11 is 3.54. The monoisotopic (exact) mass is 289 g/mol. The summed E-state index contributed by atoms with van der Waals surface area (Å²) in [6, 6.07) is 2.20. The van der Waals surface area contributed by atoms with Gasteiger partial charge in [0.25, 0.3) is 0 Å². The minimum absolute atomic E-state index is 0.571. The van der Waals surface area contributed by atoms with E-state index in [0.29, 0.717) is 6.42 Å². The lowest BCUT2D eigenvalue weighted by Crippen LogP contribution is -1.99. The molecule has 0 fully saturated rings. The molecule has 2 heterocycles. The lowest BCUT2D eigenvalue weighted by atomic mass is 9.97. The Morgan fingerprint density at radius 2 is 2.16 bits per heavy atom. The van der Waals surface area contributed by atoms with Crippen LogP contribution in [0.2, 0.25) is 0 Å². The van der Waals surface area contributed by atoms with Gasteiger partial charge in [0.15, 0.2) is 0 Å². The van der Waals surface area contributed by atoms with E-state index in [1.54, 1.807) is 11.8 Å². The Bertz CT molecular complexity index is 655. The third kappa shape index (κ3) is 2.47. The number of aromatic nitrogens is 2. The van der Waals surface area contributed by atoms with Gasteiger partial charge in [-0.05, 0) is 38.2 Å². The number of hydrogen-bond acceptors (Lipinski definition) is 5. The molecular weight excluding hydrogens is 274 g/mol. The Hall–Kier alpha value is -1.12. The minimum Gasteiger partial charge on any atom is -0.226 e. The summed E-state index contributed by atoms with van der Waals surface area (Å²) in [4.78, 5) is 11.8. The SMILES string of the molecule is Cc1nc(SCCC#N)c2c3c(sc2n1)CCCC3. The van der Waals surface area contributed by atoms with Crippen LogP contribution in [0.15, 0.2) is 5.03 Å². The molecule has 98 valence electrons. The van der Waals surface area contributed by atoms with Crippen molar-refractivity contribution in [1.82, 2.24) is 9.97 Å². The quantitative estimate of drug-likeness (QED) is 0.489. The third-order valence-electron chi connectivity index (χ3n) is 3.35. The first kappa shape index (κ1) is 12.9. The van der Waals surface area contributed by atoms with Gasteiger partial charge in [0.2, 0.25) is 0 Å². The molecule has 5 heteroatoms. The second kappa shape index (κ2) is 5.48. The molecule has 2 aromatic heterocycles. The molecule has 0 radical (unpaired) electrons. The first-order chi connectivity index (χ1) is 9.29. The predicted octanol–water partition coefficient (Wildman–Crippen LogP) is 3.88. The molecular formula is C14H15N3S2. The number of hydrogen-bond donors (Lipinski definition) is 0. The zero-order valence-corrected chi connectivity index (χ0v) is 12.5. The van der Waals surface area contributed by atoms with Gasteiger partial charge in [0, 0.05) is 22.4 Å². The molecule has 0 N–H and O–H groups in total. The van der Waals surface area contributed by atoms with Crippen LogP contribution in [-0.2, 0) is 12.8 Å². The predicted molar refractivity (Wildman–Crippen MR) is 79.7 cm³/mol. The summed E-state index contributed by atoms with van der Waals surface area (Å²) in [5, 5.41) is 11.0. The van der Waals surface area contributed by atoms with Gasteiger partial charge < -0.3 is 0 Å². The molecule has 0 aliphatic heterocycles. The van der Waals surface area contributed by atoms with Crippen LogP contribution in [0.1, 0.15) is 35.5 Å². The van der Waals surface area contributed by atoms with Gasteiger partial charge in [-0.25, -0.2) is 9.97 Å². The Labute approximate surface area is 121 Å². The van der Waals surface area contributed by atoms with E-state index in [-0.39, 0.29) is 0 Å². The zero-order chi connectivity index (χ0) is 13.2. The van der Waals surface area contributed by atoms with Crippen LogP contribution in [0, 0.1) is 18.3 Å². The largest absolute Gasteiger partial charge is 0.226 e. The number of rotatable bonds is 3. The van der Waals surface area contributed by atoms with E-state index in [1.807, 2.05) is 18.3 Å². The topological polar surface area (TPSA) is 49.6 Å². The molecule has 0 bridgehead atoms. The highest BCUT2D eigenvalue weighted by Gasteiger charge is 2.20. The van der Waals surface area contributed by atoms with E-state index in [0.717, 1.165) is 27.9 Å². The summed E-state index contributed by atoms with van der Waals surface area (Å²) in [5.41, 5.74) is 1.48. The fourth-order valence-electron chi connectivity index (χ4n) is 2.52. The standard InChI is InChI=1S/C14H15N3S2/c1-9-16-13(18-8-4-7-15)12-10-5-2-3-6-11(10)19-14(12)17-9/h2-6,8H2,1H3. The van der Waals surface area contributed by atoms with Crippen molar-refractivity contribution in [3.63, 3.8) is 0 Å². The third-order valence-corrected chi connectivity index (χ3v) is 5.51. The molecule has 1 aliphatic carbocycles. The molecule has 0 atom stereocenters. The summed E-state index contributed by atoms with van der Waals surface area (Å²) in [5.74, 6) is 1.65. The fourth-order valence-corrected chi connectivity index (χ4v) is 4.84.